The van der Waals surface area contributed by atoms with Crippen molar-refractivity contribution in [3.05, 3.63) is 71.4 Å². The summed E-state index contributed by atoms with van der Waals surface area (Å²) in [7, 11) is 0. The number of halogens is 1. The van der Waals surface area contributed by atoms with Crippen LogP contribution in [0.15, 0.2) is 65.2 Å². The van der Waals surface area contributed by atoms with Crippen LogP contribution in [-0.2, 0) is 0 Å². The summed E-state index contributed by atoms with van der Waals surface area (Å²) in [5.74, 6) is 0.738. The van der Waals surface area contributed by atoms with Crippen LogP contribution in [0.4, 0.5) is 5.69 Å². The van der Waals surface area contributed by atoms with E-state index in [-0.39, 0.29) is 12.0 Å². The summed E-state index contributed by atoms with van der Waals surface area (Å²) in [4.78, 5) is 21.3. The van der Waals surface area contributed by atoms with Gasteiger partial charge in [-0.15, -0.1) is 0 Å². The Kier molecular flexibility index (Phi) is 5.18. The van der Waals surface area contributed by atoms with E-state index in [1.54, 1.807) is 54.7 Å². The van der Waals surface area contributed by atoms with Crippen molar-refractivity contribution in [3.8, 4) is 17.2 Å². The maximum atomic E-state index is 12.7. The molecule has 146 valence electrons. The van der Waals surface area contributed by atoms with Crippen LogP contribution in [0.25, 0.3) is 22.7 Å². The monoisotopic (exact) mass is 407 g/mol. The number of ether oxygens (including phenoxy) is 1. The minimum atomic E-state index is -0.294. The third-order valence-corrected chi connectivity index (χ3v) is 4.42. The van der Waals surface area contributed by atoms with E-state index < -0.39 is 0 Å². The molecule has 4 aromatic rings. The van der Waals surface area contributed by atoms with Crippen LogP contribution in [0.2, 0.25) is 5.02 Å². The molecule has 2 aromatic heterocycles. The van der Waals surface area contributed by atoms with Crippen LogP contribution in [0, 0.1) is 0 Å². The van der Waals surface area contributed by atoms with Gasteiger partial charge in [0.15, 0.2) is 11.2 Å². The van der Waals surface area contributed by atoms with Gasteiger partial charge in [-0.1, -0.05) is 17.7 Å². The van der Waals surface area contributed by atoms with Gasteiger partial charge in [0, 0.05) is 17.3 Å². The normalized spacial score (nSPS) is 11.0. The molecule has 0 atom stereocenters. The Hall–Kier alpha value is -3.38. The maximum absolute atomic E-state index is 12.7. The van der Waals surface area contributed by atoms with Gasteiger partial charge in [0.25, 0.3) is 5.91 Å². The van der Waals surface area contributed by atoms with Crippen LogP contribution in [0.5, 0.6) is 5.75 Å². The lowest BCUT2D eigenvalue weighted by molar-refractivity contribution is 0.102. The molecule has 6 nitrogen and oxygen atoms in total. The summed E-state index contributed by atoms with van der Waals surface area (Å²) < 4.78 is 11.4. The van der Waals surface area contributed by atoms with Crippen molar-refractivity contribution in [3.63, 3.8) is 0 Å². The summed E-state index contributed by atoms with van der Waals surface area (Å²) in [6, 6.07) is 15.8. The molecule has 0 saturated heterocycles. The van der Waals surface area contributed by atoms with Gasteiger partial charge in [-0.3, -0.25) is 4.79 Å². The lowest BCUT2D eigenvalue weighted by Crippen LogP contribution is -2.13. The number of nitrogens with zero attached hydrogens (tertiary/aromatic N) is 2. The van der Waals surface area contributed by atoms with Crippen molar-refractivity contribution < 1.29 is 13.9 Å². The van der Waals surface area contributed by atoms with Gasteiger partial charge in [-0.2, -0.15) is 4.98 Å². The number of aromatic nitrogens is 2. The van der Waals surface area contributed by atoms with E-state index in [1.165, 1.54) is 0 Å². The number of rotatable bonds is 5. The lowest BCUT2D eigenvalue weighted by Gasteiger charge is -2.12. The van der Waals surface area contributed by atoms with Crippen LogP contribution in [0.3, 0.4) is 0 Å². The van der Waals surface area contributed by atoms with Crippen LogP contribution in [-0.4, -0.2) is 22.0 Å². The first-order valence-electron chi connectivity index (χ1n) is 9.09. The number of hydrogen-bond donors (Lipinski definition) is 1. The summed E-state index contributed by atoms with van der Waals surface area (Å²) in [6.07, 6.45) is 1.67. The van der Waals surface area contributed by atoms with E-state index >= 15 is 0 Å². The van der Waals surface area contributed by atoms with E-state index in [2.05, 4.69) is 15.3 Å². The van der Waals surface area contributed by atoms with Crippen molar-refractivity contribution in [2.75, 3.05) is 5.32 Å². The second-order valence-electron chi connectivity index (χ2n) is 6.69. The van der Waals surface area contributed by atoms with E-state index in [1.807, 2.05) is 19.9 Å². The smallest absolute Gasteiger partial charge is 0.255 e. The Bertz CT molecular complexity index is 1150. The average Bonchev–Trinajstić information content (AvgIpc) is 3.13. The van der Waals surface area contributed by atoms with Crippen molar-refractivity contribution in [2.24, 2.45) is 0 Å². The molecule has 0 spiro atoms. The number of hydrogen-bond acceptors (Lipinski definition) is 5. The third-order valence-electron chi connectivity index (χ3n) is 4.09. The Labute approximate surface area is 172 Å². The molecule has 1 N–H and O–H groups in total. The van der Waals surface area contributed by atoms with Crippen molar-refractivity contribution in [2.45, 2.75) is 20.0 Å². The van der Waals surface area contributed by atoms with Gasteiger partial charge in [0.1, 0.15) is 5.75 Å². The fourth-order valence-corrected chi connectivity index (χ4v) is 2.99. The first kappa shape index (κ1) is 19.0. The van der Waals surface area contributed by atoms with Gasteiger partial charge >= 0.3 is 0 Å². The standard InChI is InChI=1S/C22H18ClN3O3/c1-13(2)28-16-6-3-5-14(11-16)21(27)25-18-12-15(8-9-17(18)23)22-26-20-19(29-22)7-4-10-24-20/h3-13H,1-2H3,(H,25,27). The largest absolute Gasteiger partial charge is 0.491 e. The molecule has 0 radical (unpaired) electrons. The molecule has 0 aliphatic rings. The lowest BCUT2D eigenvalue weighted by atomic mass is 10.1. The number of benzene rings is 2. The SMILES string of the molecule is CC(C)Oc1cccc(C(=O)Nc2cc(-c3nc4ncccc4o3)ccc2Cl)c1. The van der Waals surface area contributed by atoms with Crippen LogP contribution in [0.1, 0.15) is 24.2 Å². The quantitative estimate of drug-likeness (QED) is 0.467. The number of oxazole rings is 1. The number of anilines is 1. The van der Waals surface area contributed by atoms with E-state index in [0.29, 0.717) is 44.7 Å². The molecule has 7 heteroatoms. The molecule has 4 rings (SSSR count). The molecule has 0 bridgehead atoms. The molecule has 0 saturated carbocycles. The highest BCUT2D eigenvalue weighted by atomic mass is 35.5. The predicted octanol–water partition coefficient (Wildman–Crippen LogP) is 5.58. The Balaban J connectivity index is 1.60. The first-order valence-corrected chi connectivity index (χ1v) is 9.47. The number of nitrogens with one attached hydrogen (secondary N) is 1. The predicted molar refractivity (Wildman–Crippen MR) is 112 cm³/mol. The molecular weight excluding hydrogens is 390 g/mol. The molecule has 2 heterocycles. The van der Waals surface area contributed by atoms with Gasteiger partial charge in [0.2, 0.25) is 5.89 Å². The number of carbonyl (C=O) groups is 1. The van der Waals surface area contributed by atoms with Crippen LogP contribution < -0.4 is 10.1 Å². The summed E-state index contributed by atoms with van der Waals surface area (Å²) in [5.41, 5.74) is 2.71. The van der Waals surface area contributed by atoms with E-state index in [0.717, 1.165) is 0 Å². The molecule has 0 fully saturated rings. The third kappa shape index (κ3) is 4.22. The topological polar surface area (TPSA) is 77.2 Å². The Morgan fingerprint density at radius 1 is 1.14 bits per heavy atom. The number of carbonyl (C=O) groups excluding carboxylic acids is 1. The maximum Gasteiger partial charge on any atom is 0.255 e. The van der Waals surface area contributed by atoms with Gasteiger partial charge in [-0.05, 0) is 62.4 Å². The average molecular weight is 408 g/mol. The van der Waals surface area contributed by atoms with Gasteiger partial charge < -0.3 is 14.5 Å². The Morgan fingerprint density at radius 3 is 2.79 bits per heavy atom. The fourth-order valence-electron chi connectivity index (χ4n) is 2.82. The van der Waals surface area contributed by atoms with Crippen molar-refractivity contribution in [1.82, 2.24) is 9.97 Å². The Morgan fingerprint density at radius 2 is 2.00 bits per heavy atom. The molecular formula is C22H18ClN3O3. The van der Waals surface area contributed by atoms with E-state index in [4.69, 9.17) is 20.8 Å². The molecule has 0 aliphatic carbocycles. The highest BCUT2D eigenvalue weighted by Crippen LogP contribution is 2.30. The van der Waals surface area contributed by atoms with E-state index in [9.17, 15) is 4.79 Å². The minimum Gasteiger partial charge on any atom is -0.491 e. The summed E-state index contributed by atoms with van der Waals surface area (Å²) in [6.45, 7) is 3.86. The highest BCUT2D eigenvalue weighted by Gasteiger charge is 2.14. The van der Waals surface area contributed by atoms with Crippen molar-refractivity contribution in [1.29, 1.82) is 0 Å². The van der Waals surface area contributed by atoms with Gasteiger partial charge in [0.05, 0.1) is 16.8 Å². The van der Waals surface area contributed by atoms with Crippen molar-refractivity contribution >= 4 is 34.4 Å². The minimum absolute atomic E-state index is 0.0187. The zero-order valence-electron chi connectivity index (χ0n) is 15.8. The first-order chi connectivity index (χ1) is 14.0. The van der Waals surface area contributed by atoms with Gasteiger partial charge in [-0.25, -0.2) is 4.98 Å². The summed E-state index contributed by atoms with van der Waals surface area (Å²) in [5, 5.41) is 3.25. The molecule has 0 aliphatic heterocycles. The molecule has 2 aromatic carbocycles. The molecule has 1 amide bonds. The second-order valence-corrected chi connectivity index (χ2v) is 7.09. The number of fused-ring (bicyclic) bond motifs is 1. The molecule has 0 unspecified atom stereocenters. The molecule has 29 heavy (non-hydrogen) atoms. The van der Waals surface area contributed by atoms with Crippen LogP contribution >= 0.6 is 11.6 Å². The zero-order chi connectivity index (χ0) is 20.4. The zero-order valence-corrected chi connectivity index (χ0v) is 16.6. The second kappa shape index (κ2) is 7.93. The number of amides is 1. The summed E-state index contributed by atoms with van der Waals surface area (Å²) >= 11 is 6.29. The highest BCUT2D eigenvalue weighted by molar-refractivity contribution is 6.34. The number of pyridine rings is 1. The fraction of sp³-hybridized carbons (Fsp3) is 0.136.